The first-order valence-corrected chi connectivity index (χ1v) is 43.0. The average molecular weight is 1860 g/mol. The van der Waals surface area contributed by atoms with Crippen LogP contribution in [-0.4, -0.2) is 131 Å². The van der Waals surface area contributed by atoms with Crippen LogP contribution in [0.2, 0.25) is 0 Å². The molecule has 4 amide bonds. The number of alkyl carbamates (subject to hydrolysis) is 2. The van der Waals surface area contributed by atoms with Crippen molar-refractivity contribution in [2.24, 2.45) is 0 Å². The Labute approximate surface area is 686 Å². The summed E-state index contributed by atoms with van der Waals surface area (Å²) in [4.78, 5) is 56.3. The van der Waals surface area contributed by atoms with E-state index in [0.717, 1.165) is 135 Å². The highest BCUT2D eigenvalue weighted by molar-refractivity contribution is 9.11. The second kappa shape index (κ2) is 39.2. The highest BCUT2D eigenvalue weighted by atomic mass is 79.9. The first-order chi connectivity index (χ1) is 51.1. The molecule has 6 aromatic carbocycles. The number of likely N-dealkylation sites (tertiary alicyclic amines) is 2. The molecule has 2 unspecified atom stereocenters. The van der Waals surface area contributed by atoms with Gasteiger partial charge in [0.05, 0.1) is 6.61 Å². The number of halogens is 6. The van der Waals surface area contributed by atoms with E-state index in [1.54, 1.807) is 14.2 Å². The van der Waals surface area contributed by atoms with Gasteiger partial charge in [0, 0.05) is 102 Å². The molecule has 2 fully saturated rings. The second-order valence-electron chi connectivity index (χ2n) is 31.1. The van der Waals surface area contributed by atoms with Gasteiger partial charge in [0.1, 0.15) is 42.6 Å². The number of piperidine rings is 2. The number of amides is 4. The fourth-order valence-electron chi connectivity index (χ4n) is 16.4. The minimum Gasteiger partial charge on any atom is -0.493 e. The standard InChI is InChI=1S/C30H38Br2N2O3.C29H36Br2N2O3.C27H36Br2O5/c1-6-7-8-9-25(33-28(36)37-29(3,4)5)27(35)34-14-12-30(13-15-34)23-17-20(31)10-11-22(23)26-19(2)16-21(32)18-24(26)30;1-5-6-7-8-25(32-27(35)36-28(2,3)4)26(34)33-15-13-29(14-16-33)23-17-19(30)9-11-21(23)22-12-10-20(31)18-24(22)29;1-4-5-14-34-25-17-21(29)16-24-26(25)22-9-8-20(28)15-23(22)27(24,10-6-12-32-18-30-2)11-7-13-33-19-31-3/h10-11,16-18,25H,6-9,12-15H2,1-5H3,(H,33,36);9-12,17-18,25H,5-8,13-16H2,1-4H3,(H,32,35);8-9,15-17H,4-7,10-14,18-19H2,1-3H3. The summed E-state index contributed by atoms with van der Waals surface area (Å²) in [5, 5.41) is 5.75. The number of hydrogen-bond acceptors (Lipinski definition) is 11. The molecule has 0 aromatic heterocycles. The number of aryl methyl sites for hydroxylation is 1. The zero-order chi connectivity index (χ0) is 77.4. The molecule has 2 saturated heterocycles. The van der Waals surface area contributed by atoms with Crippen molar-refractivity contribution in [2.45, 2.75) is 224 Å². The molecule has 2 atom stereocenters. The molecule has 0 bridgehead atoms. The maximum atomic E-state index is 13.7. The van der Waals surface area contributed by atoms with Crippen molar-refractivity contribution < 1.29 is 52.3 Å². The van der Waals surface area contributed by atoms with Crippen LogP contribution < -0.4 is 15.4 Å². The van der Waals surface area contributed by atoms with Gasteiger partial charge in [-0.3, -0.25) is 9.59 Å². The number of hydrogen-bond donors (Lipinski definition) is 2. The number of ether oxygens (including phenoxy) is 7. The van der Waals surface area contributed by atoms with Crippen molar-refractivity contribution in [1.29, 1.82) is 0 Å². The summed E-state index contributed by atoms with van der Waals surface area (Å²) in [5.74, 6) is 0.943. The smallest absolute Gasteiger partial charge is 0.408 e. The van der Waals surface area contributed by atoms with Gasteiger partial charge in [-0.25, -0.2) is 9.59 Å². The van der Waals surface area contributed by atoms with Crippen LogP contribution in [0, 0.1) is 6.92 Å². The Morgan fingerprint density at radius 3 is 1.26 bits per heavy atom. The van der Waals surface area contributed by atoms with Gasteiger partial charge in [0.15, 0.2) is 0 Å². The van der Waals surface area contributed by atoms with E-state index in [0.29, 0.717) is 72.4 Å². The quantitative estimate of drug-likeness (QED) is 0.0355. The topological polar surface area (TPSA) is 163 Å². The summed E-state index contributed by atoms with van der Waals surface area (Å²) in [7, 11) is 3.31. The molecule has 0 radical (unpaired) electrons. The van der Waals surface area contributed by atoms with Gasteiger partial charge < -0.3 is 53.6 Å². The molecular weight excluding hydrogens is 1740 g/mol. The third-order valence-electron chi connectivity index (χ3n) is 21.2. The summed E-state index contributed by atoms with van der Waals surface area (Å²) < 4.78 is 45.1. The van der Waals surface area contributed by atoms with Gasteiger partial charge in [0.2, 0.25) is 11.8 Å². The van der Waals surface area contributed by atoms with E-state index < -0.39 is 35.5 Å². The summed E-state index contributed by atoms with van der Waals surface area (Å²) in [5.41, 5.74) is 15.3. The summed E-state index contributed by atoms with van der Waals surface area (Å²) >= 11 is 22.3. The predicted molar refractivity (Wildman–Crippen MR) is 450 cm³/mol. The monoisotopic (exact) mass is 1850 g/mol. The highest BCUT2D eigenvalue weighted by Gasteiger charge is 2.50. The van der Waals surface area contributed by atoms with Gasteiger partial charge in [-0.05, 0) is 259 Å². The van der Waals surface area contributed by atoms with Crippen molar-refractivity contribution in [3.63, 3.8) is 0 Å². The largest absolute Gasteiger partial charge is 0.493 e. The average Bonchev–Trinajstić information content (AvgIpc) is 1.58. The first-order valence-electron chi connectivity index (χ1n) is 38.2. The maximum absolute atomic E-state index is 13.7. The number of methoxy groups -OCH3 is 2. The minimum absolute atomic E-state index is 0.00470. The number of carbonyl (C=O) groups is 4. The first kappa shape index (κ1) is 86.3. The molecule has 6 aromatic rings. The van der Waals surface area contributed by atoms with E-state index in [1.807, 2.05) is 51.3 Å². The summed E-state index contributed by atoms with van der Waals surface area (Å²) in [6.45, 7) is 24.9. The van der Waals surface area contributed by atoms with Crippen LogP contribution in [0.15, 0.2) is 124 Å². The maximum Gasteiger partial charge on any atom is 0.408 e. The van der Waals surface area contributed by atoms with Crippen LogP contribution in [0.1, 0.15) is 217 Å². The molecule has 21 heteroatoms. The number of nitrogens with one attached hydrogen (secondary N) is 2. The third-order valence-corrected chi connectivity index (χ3v) is 24.1. The molecule has 2 spiro atoms. The fraction of sp³-hybridized carbons (Fsp3) is 0.535. The minimum atomic E-state index is -0.609. The van der Waals surface area contributed by atoms with Gasteiger partial charge >= 0.3 is 12.2 Å². The molecule has 582 valence electrons. The SMILES string of the molecule is CCCCCC(NC(=O)OC(C)(C)C)C(=O)N1CCC2(CC1)c1cc(Br)ccc1-c1c(C)cc(Br)cc12.CCCCCC(NC(=O)OC(C)(C)C)C(=O)N1CCC2(CC1)c1cc(Br)ccc1-c1ccc(Br)cc12.CCCCOc1cc(Br)cc2c1-c1ccc(Br)cc1C2(CCCOCOC)CCCOCOC. The van der Waals surface area contributed by atoms with Gasteiger partial charge in [0.25, 0.3) is 0 Å². The van der Waals surface area contributed by atoms with Crippen LogP contribution in [0.5, 0.6) is 5.75 Å². The van der Waals surface area contributed by atoms with Crippen LogP contribution in [0.3, 0.4) is 0 Å². The molecule has 107 heavy (non-hydrogen) atoms. The van der Waals surface area contributed by atoms with Gasteiger partial charge in [-0.15, -0.1) is 0 Å². The Hall–Kier alpha value is -4.68. The van der Waals surface area contributed by atoms with Crippen molar-refractivity contribution in [3.8, 4) is 39.1 Å². The number of carbonyl (C=O) groups excluding carboxylic acids is 4. The Balaban J connectivity index is 0.000000186. The van der Waals surface area contributed by atoms with Gasteiger partial charge in [-0.1, -0.05) is 186 Å². The van der Waals surface area contributed by atoms with E-state index in [1.165, 1.54) is 72.3 Å². The molecule has 3 aliphatic carbocycles. The normalized spacial score (nSPS) is 15.8. The zero-order valence-electron chi connectivity index (χ0n) is 64.6. The lowest BCUT2D eigenvalue weighted by molar-refractivity contribution is -0.135. The number of nitrogens with zero attached hydrogens (tertiary/aromatic N) is 2. The van der Waals surface area contributed by atoms with E-state index in [4.69, 9.17) is 33.2 Å². The molecule has 0 saturated carbocycles. The second-order valence-corrected chi connectivity index (χ2v) is 36.6. The van der Waals surface area contributed by atoms with Crippen LogP contribution in [-0.2, 0) is 54.3 Å². The van der Waals surface area contributed by atoms with Crippen molar-refractivity contribution in [3.05, 3.63) is 163 Å². The lowest BCUT2D eigenvalue weighted by Gasteiger charge is -2.42. The highest BCUT2D eigenvalue weighted by Crippen LogP contribution is 2.60. The van der Waals surface area contributed by atoms with Crippen LogP contribution in [0.4, 0.5) is 9.59 Å². The Kier molecular flexibility index (Phi) is 31.6. The fourth-order valence-corrected chi connectivity index (χ4v) is 18.8. The Morgan fingerprint density at radius 1 is 0.449 bits per heavy atom. The molecule has 5 aliphatic rings. The van der Waals surface area contributed by atoms with Crippen LogP contribution >= 0.6 is 95.6 Å². The van der Waals surface area contributed by atoms with Crippen molar-refractivity contribution >= 4 is 120 Å². The summed E-state index contributed by atoms with van der Waals surface area (Å²) in [6.07, 6.45) is 15.4. The molecule has 15 nitrogen and oxygen atoms in total. The van der Waals surface area contributed by atoms with E-state index in [2.05, 4.69) is 231 Å². The van der Waals surface area contributed by atoms with E-state index >= 15 is 0 Å². The molecule has 2 heterocycles. The van der Waals surface area contributed by atoms with Crippen molar-refractivity contribution in [1.82, 2.24) is 20.4 Å². The zero-order valence-corrected chi connectivity index (χ0v) is 74.2. The lowest BCUT2D eigenvalue weighted by Crippen LogP contribution is -2.53. The Morgan fingerprint density at radius 2 is 0.832 bits per heavy atom. The van der Waals surface area contributed by atoms with Gasteiger partial charge in [-0.2, -0.15) is 0 Å². The molecule has 11 rings (SSSR count). The van der Waals surface area contributed by atoms with Crippen molar-refractivity contribution in [2.75, 3.05) is 73.8 Å². The molecule has 2 N–H and O–H groups in total. The van der Waals surface area contributed by atoms with E-state index in [-0.39, 0.29) is 28.1 Å². The number of rotatable bonds is 28. The molecule has 2 aliphatic heterocycles. The van der Waals surface area contributed by atoms with E-state index in [9.17, 15) is 19.2 Å². The lowest BCUT2D eigenvalue weighted by atomic mass is 9.70. The molecular formula is C86H110Br6N4O11. The number of fused-ring (bicyclic) bond motifs is 13. The number of unbranched alkanes of at least 4 members (excludes halogenated alkanes) is 5. The summed E-state index contributed by atoms with van der Waals surface area (Å²) in [6, 6.07) is 34.1. The van der Waals surface area contributed by atoms with Crippen LogP contribution in [0.25, 0.3) is 33.4 Å². The number of benzene rings is 6. The third kappa shape index (κ3) is 21.4. The predicted octanol–water partition coefficient (Wildman–Crippen LogP) is 22.9. The Bertz CT molecular complexity index is 3980.